The van der Waals surface area contributed by atoms with Crippen LogP contribution in [0.3, 0.4) is 0 Å². The van der Waals surface area contributed by atoms with E-state index in [9.17, 15) is 4.79 Å². The number of carbonyl (C=O) groups excluding carboxylic acids is 1. The van der Waals surface area contributed by atoms with E-state index in [1.54, 1.807) is 0 Å². The molecule has 1 saturated heterocycles. The normalized spacial score (nSPS) is 15.8. The van der Waals surface area contributed by atoms with Crippen molar-refractivity contribution < 1.29 is 4.79 Å². The third kappa shape index (κ3) is 4.51. The number of likely N-dealkylation sites (tertiary alicyclic amines) is 1. The van der Waals surface area contributed by atoms with E-state index in [1.165, 1.54) is 6.42 Å². The van der Waals surface area contributed by atoms with Gasteiger partial charge in [-0.15, -0.1) is 0 Å². The molecule has 1 aliphatic rings. The topological polar surface area (TPSA) is 23.6 Å². The van der Waals surface area contributed by atoms with E-state index in [4.69, 9.17) is 11.6 Å². The van der Waals surface area contributed by atoms with Gasteiger partial charge in [-0.2, -0.15) is 0 Å². The van der Waals surface area contributed by atoms with Crippen LogP contribution >= 0.6 is 11.6 Å². The summed E-state index contributed by atoms with van der Waals surface area (Å²) in [6, 6.07) is 7.79. The number of benzene rings is 1. The molecule has 1 heterocycles. The number of hydrogen-bond donors (Lipinski definition) is 0. The minimum absolute atomic E-state index is 0.240. The monoisotopic (exact) mass is 280 g/mol. The van der Waals surface area contributed by atoms with Crippen LogP contribution in [-0.2, 0) is 11.3 Å². The Morgan fingerprint density at radius 2 is 2.05 bits per heavy atom. The molecule has 0 unspecified atom stereocenters. The first-order chi connectivity index (χ1) is 9.15. The zero-order valence-corrected chi connectivity index (χ0v) is 12.2. The Labute approximate surface area is 120 Å². The van der Waals surface area contributed by atoms with Crippen molar-refractivity contribution in [1.82, 2.24) is 9.80 Å². The Bertz CT molecular complexity index is 430. The van der Waals surface area contributed by atoms with E-state index >= 15 is 0 Å². The predicted molar refractivity (Wildman–Crippen MR) is 78.2 cm³/mol. The van der Waals surface area contributed by atoms with Gasteiger partial charge in [0.15, 0.2) is 0 Å². The summed E-state index contributed by atoms with van der Waals surface area (Å²) in [6.45, 7) is 3.07. The Morgan fingerprint density at radius 3 is 2.74 bits per heavy atom. The summed E-state index contributed by atoms with van der Waals surface area (Å²) in [7, 11) is 1.97. The summed E-state index contributed by atoms with van der Waals surface area (Å²) in [5, 5.41) is 0.744. The molecule has 1 amide bonds. The van der Waals surface area contributed by atoms with Crippen LogP contribution in [0.5, 0.6) is 0 Å². The third-order valence-electron chi connectivity index (χ3n) is 3.46. The number of nitrogens with zero attached hydrogens (tertiary/aromatic N) is 2. The SMILES string of the molecule is CN(CC(=O)N1CCCCC1)Cc1cccc(Cl)c1. The molecule has 0 N–H and O–H groups in total. The lowest BCUT2D eigenvalue weighted by molar-refractivity contribution is -0.133. The zero-order chi connectivity index (χ0) is 13.7. The van der Waals surface area contributed by atoms with Gasteiger partial charge in [0.05, 0.1) is 6.54 Å². The number of rotatable bonds is 4. The smallest absolute Gasteiger partial charge is 0.236 e. The van der Waals surface area contributed by atoms with E-state index < -0.39 is 0 Å². The van der Waals surface area contributed by atoms with E-state index in [-0.39, 0.29) is 5.91 Å². The number of amides is 1. The van der Waals surface area contributed by atoms with Crippen molar-refractivity contribution in [3.8, 4) is 0 Å². The summed E-state index contributed by atoms with van der Waals surface area (Å²) < 4.78 is 0. The Balaban J connectivity index is 1.83. The molecule has 19 heavy (non-hydrogen) atoms. The second-order valence-electron chi connectivity index (χ2n) is 5.24. The molecule has 0 aliphatic carbocycles. The van der Waals surface area contributed by atoms with Crippen molar-refractivity contribution in [2.24, 2.45) is 0 Å². The lowest BCUT2D eigenvalue weighted by Crippen LogP contribution is -2.41. The lowest BCUT2D eigenvalue weighted by Gasteiger charge is -2.28. The maximum absolute atomic E-state index is 12.1. The molecule has 0 spiro atoms. The van der Waals surface area contributed by atoms with Crippen molar-refractivity contribution in [2.75, 3.05) is 26.7 Å². The van der Waals surface area contributed by atoms with Gasteiger partial charge in [0, 0.05) is 24.7 Å². The Morgan fingerprint density at radius 1 is 1.32 bits per heavy atom. The van der Waals surface area contributed by atoms with Crippen LogP contribution in [0, 0.1) is 0 Å². The van der Waals surface area contributed by atoms with E-state index in [2.05, 4.69) is 0 Å². The van der Waals surface area contributed by atoms with Gasteiger partial charge in [-0.3, -0.25) is 9.69 Å². The Kier molecular flexibility index (Phi) is 5.23. The maximum Gasteiger partial charge on any atom is 0.236 e. The highest BCUT2D eigenvalue weighted by Gasteiger charge is 2.17. The summed E-state index contributed by atoms with van der Waals surface area (Å²) in [5.74, 6) is 0.240. The molecule has 1 aromatic carbocycles. The van der Waals surface area contributed by atoms with Crippen LogP contribution in [-0.4, -0.2) is 42.4 Å². The molecule has 0 radical (unpaired) electrons. The number of piperidine rings is 1. The quantitative estimate of drug-likeness (QED) is 0.847. The number of halogens is 1. The van der Waals surface area contributed by atoms with E-state index in [0.29, 0.717) is 6.54 Å². The van der Waals surface area contributed by atoms with E-state index in [0.717, 1.165) is 43.1 Å². The zero-order valence-electron chi connectivity index (χ0n) is 11.4. The van der Waals surface area contributed by atoms with Crippen LogP contribution < -0.4 is 0 Å². The third-order valence-corrected chi connectivity index (χ3v) is 3.69. The fourth-order valence-electron chi connectivity index (χ4n) is 2.48. The summed E-state index contributed by atoms with van der Waals surface area (Å²) in [4.78, 5) is 16.2. The van der Waals surface area contributed by atoms with Gasteiger partial charge in [0.1, 0.15) is 0 Å². The van der Waals surface area contributed by atoms with Crippen LogP contribution in [0.2, 0.25) is 5.02 Å². The van der Waals surface area contributed by atoms with Crippen LogP contribution in [0.4, 0.5) is 0 Å². The largest absolute Gasteiger partial charge is 0.342 e. The van der Waals surface area contributed by atoms with E-state index in [1.807, 2.05) is 41.1 Å². The molecule has 4 heteroatoms. The minimum atomic E-state index is 0.240. The van der Waals surface area contributed by atoms with Crippen molar-refractivity contribution in [3.63, 3.8) is 0 Å². The molecular formula is C15H21ClN2O. The maximum atomic E-state index is 12.1. The summed E-state index contributed by atoms with van der Waals surface area (Å²) >= 11 is 5.96. The lowest BCUT2D eigenvalue weighted by atomic mass is 10.1. The highest BCUT2D eigenvalue weighted by atomic mass is 35.5. The van der Waals surface area contributed by atoms with Crippen LogP contribution in [0.1, 0.15) is 24.8 Å². The van der Waals surface area contributed by atoms with Gasteiger partial charge in [-0.05, 0) is 44.0 Å². The van der Waals surface area contributed by atoms with Gasteiger partial charge < -0.3 is 4.90 Å². The Hall–Kier alpha value is -1.06. The molecule has 0 saturated carbocycles. The summed E-state index contributed by atoms with van der Waals surface area (Å²) in [5.41, 5.74) is 1.14. The van der Waals surface area contributed by atoms with Crippen molar-refractivity contribution in [1.29, 1.82) is 0 Å². The highest BCUT2D eigenvalue weighted by molar-refractivity contribution is 6.30. The molecule has 2 rings (SSSR count). The molecular weight excluding hydrogens is 260 g/mol. The van der Waals surface area contributed by atoms with Crippen molar-refractivity contribution in [3.05, 3.63) is 34.9 Å². The first-order valence-corrected chi connectivity index (χ1v) is 7.24. The van der Waals surface area contributed by atoms with Gasteiger partial charge in [0.25, 0.3) is 0 Å². The number of likely N-dealkylation sites (N-methyl/N-ethyl adjacent to an activating group) is 1. The molecule has 1 fully saturated rings. The molecule has 1 aromatic rings. The van der Waals surface area contributed by atoms with Crippen LogP contribution in [0.25, 0.3) is 0 Å². The van der Waals surface area contributed by atoms with Gasteiger partial charge in [-0.1, -0.05) is 23.7 Å². The molecule has 0 atom stereocenters. The second kappa shape index (κ2) is 6.92. The van der Waals surface area contributed by atoms with Gasteiger partial charge in [0.2, 0.25) is 5.91 Å². The molecule has 3 nitrogen and oxygen atoms in total. The van der Waals surface area contributed by atoms with Crippen LogP contribution in [0.15, 0.2) is 24.3 Å². The first-order valence-electron chi connectivity index (χ1n) is 6.86. The minimum Gasteiger partial charge on any atom is -0.342 e. The van der Waals surface area contributed by atoms with Gasteiger partial charge >= 0.3 is 0 Å². The fraction of sp³-hybridized carbons (Fsp3) is 0.533. The molecule has 0 aromatic heterocycles. The second-order valence-corrected chi connectivity index (χ2v) is 5.68. The first kappa shape index (κ1) is 14.4. The highest BCUT2D eigenvalue weighted by Crippen LogP contribution is 2.13. The molecule has 1 aliphatic heterocycles. The van der Waals surface area contributed by atoms with Crippen molar-refractivity contribution in [2.45, 2.75) is 25.8 Å². The fourth-order valence-corrected chi connectivity index (χ4v) is 2.69. The van der Waals surface area contributed by atoms with Gasteiger partial charge in [-0.25, -0.2) is 0 Å². The number of hydrogen-bond acceptors (Lipinski definition) is 2. The number of carbonyl (C=O) groups is 1. The average Bonchev–Trinajstić information content (AvgIpc) is 2.39. The summed E-state index contributed by atoms with van der Waals surface area (Å²) in [6.07, 6.45) is 3.54. The van der Waals surface area contributed by atoms with Crippen molar-refractivity contribution >= 4 is 17.5 Å². The standard InChI is InChI=1S/C15H21ClN2O/c1-17(11-13-6-5-7-14(16)10-13)12-15(19)18-8-3-2-4-9-18/h5-7,10H,2-4,8-9,11-12H2,1H3. The predicted octanol–water partition coefficient (Wildman–Crippen LogP) is 2.78. The average molecular weight is 281 g/mol. The molecule has 104 valence electrons. The molecule has 0 bridgehead atoms.